The number of nitrogens with one attached hydrogen (secondary N) is 2. The fourth-order valence-corrected chi connectivity index (χ4v) is 3.78. The Kier molecular flexibility index (Phi) is 5.06. The molecule has 29 heavy (non-hydrogen) atoms. The van der Waals surface area contributed by atoms with Crippen molar-refractivity contribution < 1.29 is 14.6 Å². The second kappa shape index (κ2) is 7.67. The Morgan fingerprint density at radius 3 is 3.00 bits per heavy atom. The van der Waals surface area contributed by atoms with Gasteiger partial charge in [-0.15, -0.1) is 0 Å². The van der Waals surface area contributed by atoms with Gasteiger partial charge in [-0.05, 0) is 31.0 Å². The van der Waals surface area contributed by atoms with E-state index in [9.17, 15) is 9.90 Å². The number of nitrogens with zero attached hydrogens (tertiary/aromatic N) is 4. The van der Waals surface area contributed by atoms with Crippen molar-refractivity contribution >= 4 is 22.8 Å². The molecule has 1 saturated heterocycles. The first-order chi connectivity index (χ1) is 14.0. The first kappa shape index (κ1) is 19.1. The number of benzene rings is 1. The smallest absolute Gasteiger partial charge is 0.230 e. The van der Waals surface area contributed by atoms with E-state index in [1.165, 1.54) is 6.33 Å². The Hall–Kier alpha value is -3.20. The number of anilines is 1. The standard InChI is InChI=1S/C20H24N6O3/c1-13(27)8-21-19(28)20(7-14-4-3-5-15(6-14)29-2)10-26(11-20)18-16-9-24-25-17(16)22-12-23-18/h3-6,9,12-13,27H,7-8,10-11H2,1-2H3,(H,21,28)(H,22,23,24,25). The summed E-state index contributed by atoms with van der Waals surface area (Å²) in [5, 5.41) is 20.2. The molecule has 3 aromatic rings. The van der Waals surface area contributed by atoms with Gasteiger partial charge in [-0.3, -0.25) is 9.89 Å². The van der Waals surface area contributed by atoms with Crippen molar-refractivity contribution in [2.45, 2.75) is 19.4 Å². The normalized spacial score (nSPS) is 16.3. The zero-order valence-electron chi connectivity index (χ0n) is 16.4. The van der Waals surface area contributed by atoms with Crippen LogP contribution in [0.1, 0.15) is 12.5 Å². The third kappa shape index (κ3) is 3.73. The molecular weight excluding hydrogens is 372 g/mol. The average molecular weight is 396 g/mol. The quantitative estimate of drug-likeness (QED) is 0.543. The highest BCUT2D eigenvalue weighted by Gasteiger charge is 2.50. The molecular formula is C20H24N6O3. The molecule has 152 valence electrons. The highest BCUT2D eigenvalue weighted by Crippen LogP contribution is 2.39. The molecule has 1 fully saturated rings. The minimum Gasteiger partial charge on any atom is -0.497 e. The van der Waals surface area contributed by atoms with E-state index in [1.54, 1.807) is 20.2 Å². The molecule has 3 heterocycles. The maximum Gasteiger partial charge on any atom is 0.230 e. The third-order valence-electron chi connectivity index (χ3n) is 5.23. The summed E-state index contributed by atoms with van der Waals surface area (Å²) in [6.07, 6.45) is 3.15. The van der Waals surface area contributed by atoms with Gasteiger partial charge in [0, 0.05) is 19.6 Å². The molecule has 1 aliphatic rings. The number of carbonyl (C=O) groups excluding carboxylic acids is 1. The van der Waals surface area contributed by atoms with E-state index in [4.69, 9.17) is 4.74 Å². The van der Waals surface area contributed by atoms with Crippen molar-refractivity contribution in [2.24, 2.45) is 5.41 Å². The summed E-state index contributed by atoms with van der Waals surface area (Å²) < 4.78 is 5.32. The summed E-state index contributed by atoms with van der Waals surface area (Å²) in [7, 11) is 1.63. The monoisotopic (exact) mass is 396 g/mol. The number of H-pyrrole nitrogens is 1. The summed E-state index contributed by atoms with van der Waals surface area (Å²) in [5.41, 5.74) is 1.06. The first-order valence-corrected chi connectivity index (χ1v) is 9.49. The molecule has 0 aliphatic carbocycles. The molecule has 3 N–H and O–H groups in total. The zero-order valence-corrected chi connectivity index (χ0v) is 16.4. The second-order valence-corrected chi connectivity index (χ2v) is 7.55. The topological polar surface area (TPSA) is 116 Å². The Balaban J connectivity index is 1.58. The highest BCUT2D eigenvalue weighted by molar-refractivity contribution is 5.90. The molecule has 1 atom stereocenters. The number of methoxy groups -OCH3 is 1. The predicted molar refractivity (Wildman–Crippen MR) is 108 cm³/mol. The number of rotatable bonds is 7. The average Bonchev–Trinajstić information content (AvgIpc) is 3.17. The van der Waals surface area contributed by atoms with Crippen LogP contribution in [-0.4, -0.2) is 64.0 Å². The Labute approximate surface area is 168 Å². The minimum absolute atomic E-state index is 0.0741. The lowest BCUT2D eigenvalue weighted by Gasteiger charge is -2.49. The van der Waals surface area contributed by atoms with Gasteiger partial charge in [0.25, 0.3) is 0 Å². The number of aliphatic hydroxyl groups excluding tert-OH is 1. The number of hydrogen-bond acceptors (Lipinski definition) is 7. The van der Waals surface area contributed by atoms with E-state index in [-0.39, 0.29) is 12.5 Å². The largest absolute Gasteiger partial charge is 0.497 e. The minimum atomic E-state index is -0.623. The lowest BCUT2D eigenvalue weighted by molar-refractivity contribution is -0.133. The molecule has 9 nitrogen and oxygen atoms in total. The number of aliphatic hydroxyl groups is 1. The molecule has 0 spiro atoms. The Morgan fingerprint density at radius 2 is 2.24 bits per heavy atom. The maximum absolute atomic E-state index is 13.1. The van der Waals surface area contributed by atoms with Gasteiger partial charge >= 0.3 is 0 Å². The number of aromatic nitrogens is 4. The van der Waals surface area contributed by atoms with Crippen LogP contribution < -0.4 is 15.0 Å². The van der Waals surface area contributed by atoms with Gasteiger partial charge in [-0.2, -0.15) is 5.10 Å². The number of amides is 1. The molecule has 0 saturated carbocycles. The van der Waals surface area contributed by atoms with Crippen LogP contribution in [0.15, 0.2) is 36.8 Å². The van der Waals surface area contributed by atoms with Crippen molar-refractivity contribution in [2.75, 3.05) is 31.6 Å². The van der Waals surface area contributed by atoms with Crippen molar-refractivity contribution in [3.05, 3.63) is 42.4 Å². The second-order valence-electron chi connectivity index (χ2n) is 7.55. The highest BCUT2D eigenvalue weighted by atomic mass is 16.5. The van der Waals surface area contributed by atoms with Crippen LogP contribution in [-0.2, 0) is 11.2 Å². The third-order valence-corrected chi connectivity index (χ3v) is 5.23. The van der Waals surface area contributed by atoms with Gasteiger partial charge in [0.05, 0.1) is 30.2 Å². The van der Waals surface area contributed by atoms with E-state index in [1.807, 2.05) is 24.3 Å². The molecule has 4 rings (SSSR count). The molecule has 1 aliphatic heterocycles. The fourth-order valence-electron chi connectivity index (χ4n) is 3.78. The summed E-state index contributed by atoms with van der Waals surface area (Å²) in [6, 6.07) is 7.75. The number of carbonyl (C=O) groups is 1. The molecule has 0 bridgehead atoms. The molecule has 0 radical (unpaired) electrons. The summed E-state index contributed by atoms with van der Waals surface area (Å²) in [6.45, 7) is 2.89. The van der Waals surface area contributed by atoms with Crippen molar-refractivity contribution in [3.63, 3.8) is 0 Å². The summed E-state index contributed by atoms with van der Waals surface area (Å²) in [5.74, 6) is 1.44. The summed E-state index contributed by atoms with van der Waals surface area (Å²) >= 11 is 0. The number of hydrogen-bond donors (Lipinski definition) is 3. The van der Waals surface area contributed by atoms with Crippen LogP contribution in [0.5, 0.6) is 5.75 Å². The van der Waals surface area contributed by atoms with Crippen molar-refractivity contribution in [1.29, 1.82) is 0 Å². The lowest BCUT2D eigenvalue weighted by Crippen LogP contribution is -2.65. The lowest BCUT2D eigenvalue weighted by atomic mass is 9.73. The molecule has 1 amide bonds. The van der Waals surface area contributed by atoms with Crippen LogP contribution in [0.4, 0.5) is 5.82 Å². The van der Waals surface area contributed by atoms with E-state index in [0.717, 1.165) is 22.5 Å². The van der Waals surface area contributed by atoms with Crippen LogP contribution in [0.3, 0.4) is 0 Å². The Bertz CT molecular complexity index is 1010. The van der Waals surface area contributed by atoms with Crippen LogP contribution in [0, 0.1) is 5.41 Å². The van der Waals surface area contributed by atoms with Crippen molar-refractivity contribution in [1.82, 2.24) is 25.5 Å². The molecule has 1 aromatic carbocycles. The number of aromatic amines is 1. The molecule has 1 unspecified atom stereocenters. The number of ether oxygens (including phenoxy) is 1. The molecule has 2 aromatic heterocycles. The van der Waals surface area contributed by atoms with Gasteiger partial charge in [0.1, 0.15) is 17.9 Å². The predicted octanol–water partition coefficient (Wildman–Crippen LogP) is 0.908. The maximum atomic E-state index is 13.1. The van der Waals surface area contributed by atoms with Crippen molar-refractivity contribution in [3.8, 4) is 5.75 Å². The van der Waals surface area contributed by atoms with Crippen LogP contribution in [0.2, 0.25) is 0 Å². The Morgan fingerprint density at radius 1 is 1.41 bits per heavy atom. The zero-order chi connectivity index (χ0) is 20.4. The van der Waals surface area contributed by atoms with Crippen LogP contribution >= 0.6 is 0 Å². The number of fused-ring (bicyclic) bond motifs is 1. The van der Waals surface area contributed by atoms with E-state index in [0.29, 0.717) is 25.2 Å². The van der Waals surface area contributed by atoms with Gasteiger partial charge in [-0.1, -0.05) is 12.1 Å². The van der Waals surface area contributed by atoms with Gasteiger partial charge in [0.2, 0.25) is 5.91 Å². The van der Waals surface area contributed by atoms with E-state index >= 15 is 0 Å². The molecule has 9 heteroatoms. The van der Waals surface area contributed by atoms with Gasteiger partial charge in [-0.25, -0.2) is 9.97 Å². The SMILES string of the molecule is COc1cccc(CC2(C(=O)NCC(C)O)CN(c3ncnc4[nH]ncc34)C2)c1. The van der Waals surface area contributed by atoms with Crippen LogP contribution in [0.25, 0.3) is 11.0 Å². The van der Waals surface area contributed by atoms with Gasteiger partial charge in [0.15, 0.2) is 5.65 Å². The van der Waals surface area contributed by atoms with E-state index < -0.39 is 11.5 Å². The first-order valence-electron chi connectivity index (χ1n) is 9.49. The van der Waals surface area contributed by atoms with E-state index in [2.05, 4.69) is 30.4 Å². The summed E-state index contributed by atoms with van der Waals surface area (Å²) in [4.78, 5) is 23.7. The van der Waals surface area contributed by atoms with Gasteiger partial charge < -0.3 is 20.1 Å². The fraction of sp³-hybridized carbons (Fsp3) is 0.400.